The molecule has 0 saturated heterocycles. The maximum atomic E-state index is 11.9. The summed E-state index contributed by atoms with van der Waals surface area (Å²) in [5.74, 6) is 0.492. The van der Waals surface area contributed by atoms with E-state index in [2.05, 4.69) is 51.2 Å². The maximum Gasteiger partial charge on any atom is 0.407 e. The molecule has 0 fully saturated rings. The Kier molecular flexibility index (Phi) is 11.0. The fourth-order valence-corrected chi connectivity index (χ4v) is 4.47. The van der Waals surface area contributed by atoms with Gasteiger partial charge in [-0.05, 0) is 86.2 Å². The summed E-state index contributed by atoms with van der Waals surface area (Å²) in [4.78, 5) is 24.0. The van der Waals surface area contributed by atoms with Gasteiger partial charge in [0.2, 0.25) is 0 Å². The fourth-order valence-electron chi connectivity index (χ4n) is 3.67. The molecule has 2 N–H and O–H groups in total. The molecular weight excluding hydrogens is 486 g/mol. The van der Waals surface area contributed by atoms with Crippen LogP contribution in [0.2, 0.25) is 0 Å². The van der Waals surface area contributed by atoms with E-state index in [4.69, 9.17) is 14.6 Å². The zero-order valence-electron chi connectivity index (χ0n) is 23.3. The molecule has 0 aliphatic carbocycles. The van der Waals surface area contributed by atoms with Crippen LogP contribution in [0.15, 0.2) is 41.3 Å². The highest BCUT2D eigenvalue weighted by atomic mass is 32.1. The first-order chi connectivity index (χ1) is 17.3. The lowest BCUT2D eigenvalue weighted by molar-refractivity contribution is -0.131. The van der Waals surface area contributed by atoms with Crippen molar-refractivity contribution in [1.29, 1.82) is 0 Å². The molecule has 0 atom stereocenters. The van der Waals surface area contributed by atoms with Crippen molar-refractivity contribution in [2.45, 2.75) is 79.2 Å². The van der Waals surface area contributed by atoms with E-state index in [0.717, 1.165) is 27.3 Å². The van der Waals surface area contributed by atoms with Gasteiger partial charge in [0.25, 0.3) is 0 Å². The lowest BCUT2D eigenvalue weighted by atomic mass is 9.89. The van der Waals surface area contributed by atoms with E-state index < -0.39 is 17.7 Å². The summed E-state index contributed by atoms with van der Waals surface area (Å²) in [6.45, 7) is 16.9. The van der Waals surface area contributed by atoms with Crippen molar-refractivity contribution in [2.24, 2.45) is 0 Å². The Bertz CT molecular complexity index is 1140. The average Bonchev–Trinajstić information content (AvgIpc) is 3.23. The molecule has 7 heteroatoms. The molecular formula is C30H41NO5S. The van der Waals surface area contributed by atoms with Crippen LogP contribution in [0.25, 0.3) is 17.2 Å². The van der Waals surface area contributed by atoms with Crippen LogP contribution in [0, 0.1) is 0 Å². The number of benzene rings is 1. The number of carboxylic acid groups (broad SMARTS) is 1. The van der Waals surface area contributed by atoms with Crippen LogP contribution in [0.4, 0.5) is 4.79 Å². The lowest BCUT2D eigenvalue weighted by Gasteiger charge is -2.22. The number of allylic oxidation sites excluding steroid dienone is 2. The number of ether oxygens (including phenoxy) is 2. The third-order valence-electron chi connectivity index (χ3n) is 5.50. The van der Waals surface area contributed by atoms with Gasteiger partial charge >= 0.3 is 12.1 Å². The lowest BCUT2D eigenvalue weighted by Crippen LogP contribution is -2.33. The van der Waals surface area contributed by atoms with Crippen LogP contribution >= 0.6 is 11.3 Å². The minimum atomic E-state index is -0.961. The van der Waals surface area contributed by atoms with Crippen molar-refractivity contribution in [3.8, 4) is 16.9 Å². The van der Waals surface area contributed by atoms with Gasteiger partial charge in [0.05, 0.1) is 6.61 Å². The molecule has 1 aromatic carbocycles. The molecule has 1 heterocycles. The predicted octanol–water partition coefficient (Wildman–Crippen LogP) is 8.00. The van der Waals surface area contributed by atoms with Gasteiger partial charge in [0, 0.05) is 28.6 Å². The Hall–Kier alpha value is -3.06. The number of hydrogen-bond acceptors (Lipinski definition) is 5. The Morgan fingerprint density at radius 1 is 1.11 bits per heavy atom. The molecule has 37 heavy (non-hydrogen) atoms. The van der Waals surface area contributed by atoms with Crippen molar-refractivity contribution in [1.82, 2.24) is 5.32 Å². The van der Waals surface area contributed by atoms with Crippen molar-refractivity contribution in [3.05, 3.63) is 57.3 Å². The zero-order chi connectivity index (χ0) is 27.8. The minimum Gasteiger partial charge on any atom is -0.493 e. The Balaban J connectivity index is 2.35. The van der Waals surface area contributed by atoms with Gasteiger partial charge in [-0.15, -0.1) is 11.3 Å². The molecule has 0 radical (unpaired) electrons. The molecule has 0 aliphatic rings. The highest BCUT2D eigenvalue weighted by Crippen LogP contribution is 2.42. The summed E-state index contributed by atoms with van der Waals surface area (Å²) in [5, 5.41) is 13.8. The Morgan fingerprint density at radius 2 is 1.81 bits per heavy atom. The van der Waals surface area contributed by atoms with Gasteiger partial charge in [0.1, 0.15) is 11.4 Å². The van der Waals surface area contributed by atoms with Crippen LogP contribution in [0.3, 0.4) is 0 Å². The molecule has 2 rings (SSSR count). The van der Waals surface area contributed by atoms with Crippen molar-refractivity contribution in [3.63, 3.8) is 0 Å². The van der Waals surface area contributed by atoms with E-state index >= 15 is 0 Å². The second-order valence-electron chi connectivity index (χ2n) is 10.7. The van der Waals surface area contributed by atoms with E-state index in [1.165, 1.54) is 11.6 Å². The summed E-state index contributed by atoms with van der Waals surface area (Å²) in [7, 11) is 0. The van der Waals surface area contributed by atoms with Crippen molar-refractivity contribution >= 4 is 29.5 Å². The van der Waals surface area contributed by atoms with Crippen molar-refractivity contribution in [2.75, 3.05) is 13.2 Å². The highest BCUT2D eigenvalue weighted by Gasteiger charge is 2.20. The Labute approximate surface area is 225 Å². The first kappa shape index (κ1) is 30.2. The monoisotopic (exact) mass is 527 g/mol. The van der Waals surface area contributed by atoms with E-state index in [0.29, 0.717) is 31.1 Å². The molecule has 0 unspecified atom stereocenters. The normalized spacial score (nSPS) is 12.4. The van der Waals surface area contributed by atoms with Gasteiger partial charge in [-0.1, -0.05) is 39.8 Å². The fraction of sp³-hybridized carbons (Fsp3) is 0.467. The van der Waals surface area contributed by atoms with E-state index in [1.807, 2.05) is 38.3 Å². The predicted molar refractivity (Wildman–Crippen MR) is 153 cm³/mol. The number of carboxylic acids is 1. The summed E-state index contributed by atoms with van der Waals surface area (Å²) in [6, 6.07) is 6.51. The van der Waals surface area contributed by atoms with Crippen LogP contribution in [-0.4, -0.2) is 35.9 Å². The Morgan fingerprint density at radius 3 is 2.41 bits per heavy atom. The van der Waals surface area contributed by atoms with E-state index in [-0.39, 0.29) is 5.92 Å². The summed E-state index contributed by atoms with van der Waals surface area (Å²) < 4.78 is 11.7. The molecule has 0 saturated carbocycles. The highest BCUT2D eigenvalue weighted by molar-refractivity contribution is 7.11. The maximum absolute atomic E-state index is 11.9. The van der Waals surface area contributed by atoms with Gasteiger partial charge in [-0.2, -0.15) is 0 Å². The number of amides is 1. The van der Waals surface area contributed by atoms with Crippen LogP contribution in [0.5, 0.6) is 5.75 Å². The molecule has 0 spiro atoms. The number of aliphatic carboxylic acids is 1. The van der Waals surface area contributed by atoms with Crippen molar-refractivity contribution < 1.29 is 24.2 Å². The molecule has 6 nitrogen and oxygen atoms in total. The smallest absolute Gasteiger partial charge is 0.407 e. The first-order valence-electron chi connectivity index (χ1n) is 12.7. The number of rotatable bonds is 11. The quantitative estimate of drug-likeness (QED) is 0.176. The summed E-state index contributed by atoms with van der Waals surface area (Å²) in [6.07, 6.45) is 5.18. The average molecular weight is 528 g/mol. The van der Waals surface area contributed by atoms with E-state index in [1.54, 1.807) is 18.3 Å². The van der Waals surface area contributed by atoms with Crippen LogP contribution in [-0.2, 0) is 9.53 Å². The third kappa shape index (κ3) is 9.73. The second-order valence-corrected chi connectivity index (χ2v) is 11.6. The largest absolute Gasteiger partial charge is 0.493 e. The second kappa shape index (κ2) is 13.5. The summed E-state index contributed by atoms with van der Waals surface area (Å²) >= 11 is 1.60. The zero-order valence-corrected chi connectivity index (χ0v) is 24.1. The van der Waals surface area contributed by atoms with Gasteiger partial charge < -0.3 is 19.9 Å². The molecule has 1 amide bonds. The third-order valence-corrected chi connectivity index (χ3v) is 6.38. The molecule has 202 valence electrons. The van der Waals surface area contributed by atoms with Crippen LogP contribution in [0.1, 0.15) is 89.7 Å². The SMILES string of the molecule is CC(C=Cc1sccc1-c1cc(C(C)C)cc(C(C)C)c1OCCCNC(=O)OC(C)(C)C)=CC(=O)O. The number of carbonyl (C=O) groups excluding carboxylic acids is 1. The molecule has 1 aromatic heterocycles. The standard InChI is InChI=1S/C30H41NO5S/c1-19(2)22-17-24(20(3)4)28(35-14-9-13-31-29(34)36-30(6,7)8)25(18-22)23-12-15-37-26(23)11-10-21(5)16-27(32)33/h10-12,15-20H,9,13-14H2,1-8H3,(H,31,34)(H,32,33). The first-order valence-corrected chi connectivity index (χ1v) is 13.6. The van der Waals surface area contributed by atoms with Gasteiger partial charge in [-0.3, -0.25) is 0 Å². The summed E-state index contributed by atoms with van der Waals surface area (Å²) in [5.41, 5.74) is 4.59. The number of alkyl carbamates (subject to hydrolysis) is 1. The molecule has 0 aliphatic heterocycles. The number of hydrogen-bond donors (Lipinski definition) is 2. The van der Waals surface area contributed by atoms with Crippen LogP contribution < -0.4 is 10.1 Å². The van der Waals surface area contributed by atoms with E-state index in [9.17, 15) is 9.59 Å². The molecule has 2 aromatic rings. The van der Waals surface area contributed by atoms with Gasteiger partial charge in [0.15, 0.2) is 0 Å². The number of nitrogens with one attached hydrogen (secondary N) is 1. The van der Waals surface area contributed by atoms with Gasteiger partial charge in [-0.25, -0.2) is 9.59 Å². The number of thiophene rings is 1. The molecule has 0 bridgehead atoms. The topological polar surface area (TPSA) is 84.9 Å². The number of carbonyl (C=O) groups is 2. The minimum absolute atomic E-state index is 0.255.